The molecule has 0 amide bonds. The third-order valence-electron chi connectivity index (χ3n) is 4.97. The van der Waals surface area contributed by atoms with Crippen molar-refractivity contribution in [1.82, 2.24) is 5.32 Å². The van der Waals surface area contributed by atoms with Gasteiger partial charge in [-0.15, -0.1) is 0 Å². The fraction of sp³-hybridized carbons (Fsp3) is 1.00. The normalized spacial score (nSPS) is 26.4. The summed E-state index contributed by atoms with van der Waals surface area (Å²) >= 11 is 0. The Morgan fingerprint density at radius 2 is 1.81 bits per heavy atom. The van der Waals surface area contributed by atoms with Gasteiger partial charge in [0.15, 0.2) is 0 Å². The molecule has 21 heavy (non-hydrogen) atoms. The van der Waals surface area contributed by atoms with Gasteiger partial charge in [0.05, 0.1) is 6.10 Å². The molecule has 0 bridgehead atoms. The summed E-state index contributed by atoms with van der Waals surface area (Å²) in [6.07, 6.45) is 11.0. The molecule has 0 heterocycles. The van der Waals surface area contributed by atoms with E-state index in [1.165, 1.54) is 64.5 Å². The minimum Gasteiger partial charge on any atom is -0.378 e. The second-order valence-corrected chi connectivity index (χ2v) is 7.40. The lowest BCUT2D eigenvalue weighted by molar-refractivity contribution is -0.0394. The zero-order valence-corrected chi connectivity index (χ0v) is 15.0. The van der Waals surface area contributed by atoms with Crippen molar-refractivity contribution in [3.05, 3.63) is 0 Å². The Morgan fingerprint density at radius 1 is 1.05 bits per heavy atom. The second kappa shape index (κ2) is 11.5. The van der Waals surface area contributed by atoms with Gasteiger partial charge in [-0.2, -0.15) is 0 Å². The number of ether oxygens (including phenoxy) is 1. The first-order chi connectivity index (χ1) is 10.1. The van der Waals surface area contributed by atoms with Crippen LogP contribution in [-0.4, -0.2) is 25.8 Å². The van der Waals surface area contributed by atoms with Crippen molar-refractivity contribution in [2.24, 2.45) is 17.8 Å². The zero-order valence-electron chi connectivity index (χ0n) is 15.0. The lowest BCUT2D eigenvalue weighted by atomic mass is 9.75. The Morgan fingerprint density at radius 3 is 2.52 bits per heavy atom. The van der Waals surface area contributed by atoms with E-state index >= 15 is 0 Å². The van der Waals surface area contributed by atoms with E-state index in [-0.39, 0.29) is 0 Å². The van der Waals surface area contributed by atoms with Crippen LogP contribution in [0.3, 0.4) is 0 Å². The van der Waals surface area contributed by atoms with E-state index in [1.54, 1.807) is 0 Å². The van der Waals surface area contributed by atoms with Crippen LogP contribution in [0.1, 0.15) is 79.1 Å². The predicted molar refractivity (Wildman–Crippen MR) is 92.7 cm³/mol. The maximum atomic E-state index is 6.26. The quantitative estimate of drug-likeness (QED) is 0.540. The minimum absolute atomic E-state index is 0.528. The third-order valence-corrected chi connectivity index (χ3v) is 4.97. The van der Waals surface area contributed by atoms with E-state index in [0.29, 0.717) is 6.10 Å². The highest BCUT2D eigenvalue weighted by Crippen LogP contribution is 2.35. The van der Waals surface area contributed by atoms with Crippen molar-refractivity contribution >= 4 is 0 Å². The van der Waals surface area contributed by atoms with Gasteiger partial charge in [0.1, 0.15) is 0 Å². The first-order valence-electron chi connectivity index (χ1n) is 9.47. The highest BCUT2D eigenvalue weighted by molar-refractivity contribution is 4.81. The van der Waals surface area contributed by atoms with Crippen molar-refractivity contribution in [1.29, 1.82) is 0 Å². The number of hydrogen-bond acceptors (Lipinski definition) is 2. The molecule has 1 aliphatic rings. The average Bonchev–Trinajstić information content (AvgIpc) is 2.45. The summed E-state index contributed by atoms with van der Waals surface area (Å²) in [7, 11) is 0. The summed E-state index contributed by atoms with van der Waals surface area (Å²) in [5.74, 6) is 2.42. The van der Waals surface area contributed by atoms with Crippen LogP contribution in [0.5, 0.6) is 0 Å². The van der Waals surface area contributed by atoms with Crippen molar-refractivity contribution < 1.29 is 4.74 Å². The Hall–Kier alpha value is -0.0800. The molecule has 2 heteroatoms. The maximum absolute atomic E-state index is 6.26. The summed E-state index contributed by atoms with van der Waals surface area (Å²) in [5.41, 5.74) is 0. The van der Waals surface area contributed by atoms with Crippen LogP contribution in [0.15, 0.2) is 0 Å². The smallest absolute Gasteiger partial charge is 0.0608 e. The Labute approximate surface area is 133 Å². The second-order valence-electron chi connectivity index (χ2n) is 7.40. The molecule has 1 saturated carbocycles. The SMILES string of the molecule is CCCNCCCCCCOC1CC(C)CCC1C(C)C. The number of unbranched alkanes of at least 4 members (excludes halogenated alkanes) is 3. The van der Waals surface area contributed by atoms with E-state index < -0.39 is 0 Å². The lowest BCUT2D eigenvalue weighted by Gasteiger charge is -2.37. The highest BCUT2D eigenvalue weighted by atomic mass is 16.5. The van der Waals surface area contributed by atoms with Crippen LogP contribution in [-0.2, 0) is 4.74 Å². The predicted octanol–water partition coefficient (Wildman–Crippen LogP) is 5.02. The van der Waals surface area contributed by atoms with Gasteiger partial charge < -0.3 is 10.1 Å². The molecule has 1 fully saturated rings. The summed E-state index contributed by atoms with van der Waals surface area (Å²) in [5, 5.41) is 3.47. The summed E-state index contributed by atoms with van der Waals surface area (Å²) in [4.78, 5) is 0. The Bertz CT molecular complexity index is 242. The third kappa shape index (κ3) is 8.21. The molecule has 126 valence electrons. The van der Waals surface area contributed by atoms with Crippen molar-refractivity contribution in [3.63, 3.8) is 0 Å². The average molecular weight is 298 g/mol. The summed E-state index contributed by atoms with van der Waals surface area (Å²) < 4.78 is 6.26. The molecule has 0 aromatic carbocycles. The van der Waals surface area contributed by atoms with E-state index in [4.69, 9.17) is 4.74 Å². The first kappa shape index (κ1) is 19.0. The number of rotatable bonds is 11. The van der Waals surface area contributed by atoms with Gasteiger partial charge in [-0.25, -0.2) is 0 Å². The maximum Gasteiger partial charge on any atom is 0.0608 e. The van der Waals surface area contributed by atoms with E-state index in [2.05, 4.69) is 33.0 Å². The molecule has 0 aromatic heterocycles. The molecule has 0 aromatic rings. The van der Waals surface area contributed by atoms with Gasteiger partial charge >= 0.3 is 0 Å². The van der Waals surface area contributed by atoms with Crippen LogP contribution >= 0.6 is 0 Å². The topological polar surface area (TPSA) is 21.3 Å². The monoisotopic (exact) mass is 297 g/mol. The van der Waals surface area contributed by atoms with Gasteiger partial charge in [-0.05, 0) is 62.9 Å². The van der Waals surface area contributed by atoms with Crippen molar-refractivity contribution in [2.75, 3.05) is 19.7 Å². The molecule has 1 N–H and O–H groups in total. The van der Waals surface area contributed by atoms with Crippen molar-refractivity contribution in [3.8, 4) is 0 Å². The molecule has 0 radical (unpaired) electrons. The van der Waals surface area contributed by atoms with Crippen LogP contribution in [0.4, 0.5) is 0 Å². The molecular formula is C19H39NO. The van der Waals surface area contributed by atoms with Crippen LogP contribution < -0.4 is 5.32 Å². The van der Waals surface area contributed by atoms with Gasteiger partial charge in [-0.3, -0.25) is 0 Å². The van der Waals surface area contributed by atoms with Gasteiger partial charge in [0.2, 0.25) is 0 Å². The summed E-state index contributed by atoms with van der Waals surface area (Å²) in [6.45, 7) is 12.7. The van der Waals surface area contributed by atoms with E-state index in [1.807, 2.05) is 0 Å². The number of nitrogens with one attached hydrogen (secondary N) is 1. The molecular weight excluding hydrogens is 258 g/mol. The Balaban J connectivity index is 2.04. The largest absolute Gasteiger partial charge is 0.378 e. The molecule has 3 atom stereocenters. The van der Waals surface area contributed by atoms with E-state index in [0.717, 1.165) is 24.4 Å². The van der Waals surface area contributed by atoms with Crippen LogP contribution in [0.2, 0.25) is 0 Å². The molecule has 1 rings (SSSR count). The molecule has 2 nitrogen and oxygen atoms in total. The van der Waals surface area contributed by atoms with Crippen molar-refractivity contribution in [2.45, 2.75) is 85.2 Å². The standard InChI is InChI=1S/C19H39NO/c1-5-12-20-13-8-6-7-9-14-21-19-15-17(4)10-11-18(19)16(2)3/h16-20H,5-15H2,1-4H3. The fourth-order valence-electron chi connectivity index (χ4n) is 3.55. The zero-order chi connectivity index (χ0) is 15.5. The number of hydrogen-bond donors (Lipinski definition) is 1. The molecule has 1 aliphatic carbocycles. The summed E-state index contributed by atoms with van der Waals surface area (Å²) in [6, 6.07) is 0. The van der Waals surface area contributed by atoms with Gasteiger partial charge in [0, 0.05) is 6.61 Å². The van der Waals surface area contributed by atoms with Crippen LogP contribution in [0.25, 0.3) is 0 Å². The molecule has 0 aliphatic heterocycles. The molecule has 0 saturated heterocycles. The van der Waals surface area contributed by atoms with Crippen LogP contribution in [0, 0.1) is 17.8 Å². The lowest BCUT2D eigenvalue weighted by Crippen LogP contribution is -2.34. The first-order valence-corrected chi connectivity index (χ1v) is 9.47. The van der Waals surface area contributed by atoms with E-state index in [9.17, 15) is 0 Å². The Kier molecular flexibility index (Phi) is 10.4. The highest BCUT2D eigenvalue weighted by Gasteiger charge is 2.31. The van der Waals surface area contributed by atoms with Gasteiger partial charge in [-0.1, -0.05) is 47.0 Å². The fourth-order valence-corrected chi connectivity index (χ4v) is 3.55. The molecule has 3 unspecified atom stereocenters. The van der Waals surface area contributed by atoms with Gasteiger partial charge in [0.25, 0.3) is 0 Å². The minimum atomic E-state index is 0.528. The molecule has 0 spiro atoms.